The van der Waals surface area contributed by atoms with Crippen molar-refractivity contribution in [1.82, 2.24) is 5.32 Å². The number of ether oxygens (including phenoxy) is 1. The Morgan fingerprint density at radius 1 is 0.290 bits per heavy atom. The molecule has 0 aliphatic carbocycles. The van der Waals surface area contributed by atoms with Gasteiger partial charge in [0.2, 0.25) is 5.91 Å². The lowest BCUT2D eigenvalue weighted by molar-refractivity contribution is -0.143. The predicted octanol–water partition coefficient (Wildman–Crippen LogP) is 28.6. The van der Waals surface area contributed by atoms with Crippen molar-refractivity contribution in [3.63, 3.8) is 0 Å². The maximum atomic E-state index is 12.6. The molecular formula is C87H167NO5. The largest absolute Gasteiger partial charge is 0.466 e. The molecule has 6 heteroatoms. The molecule has 0 bridgehead atoms. The predicted molar refractivity (Wildman–Crippen MR) is 412 cm³/mol. The molecule has 0 aliphatic rings. The standard InChI is InChI=1S/C87H167NO5/c1-3-5-7-9-11-13-15-17-18-19-20-21-22-38-41-44-47-50-53-56-59-63-67-71-75-79-85(90)84(83-89)88-86(91)80-76-72-68-64-60-57-54-51-48-45-42-39-36-34-32-30-28-26-24-23-25-27-29-31-33-35-37-40-43-46-49-52-55-58-62-66-70-74-78-82-93-87(92)81-77-73-69-65-61-16-14-12-10-8-6-4-2/h12,14,23-24,75,79,84-85,89-90H,3-11,13,15-22,25-74,76-78,80-83H2,1-2H3,(H,88,91)/b14-12-,24-23-,79-75+. The highest BCUT2D eigenvalue weighted by Crippen LogP contribution is 2.20. The number of allylic oxidation sites excluding steroid dienone is 5. The van der Waals surface area contributed by atoms with E-state index in [-0.39, 0.29) is 18.5 Å². The van der Waals surface area contributed by atoms with Gasteiger partial charge in [-0.15, -0.1) is 0 Å². The summed E-state index contributed by atoms with van der Waals surface area (Å²) in [5.41, 5.74) is 0. The summed E-state index contributed by atoms with van der Waals surface area (Å²) >= 11 is 0. The van der Waals surface area contributed by atoms with Crippen molar-refractivity contribution >= 4 is 11.9 Å². The number of aliphatic hydroxyl groups excluding tert-OH is 2. The number of amides is 1. The third kappa shape index (κ3) is 79.0. The molecule has 0 spiro atoms. The molecule has 0 saturated heterocycles. The number of unbranched alkanes of at least 4 members (excludes halogenated alkanes) is 66. The first-order valence-electron chi connectivity index (χ1n) is 42.8. The van der Waals surface area contributed by atoms with Gasteiger partial charge < -0.3 is 20.3 Å². The van der Waals surface area contributed by atoms with Crippen LogP contribution in [0.15, 0.2) is 36.5 Å². The second-order valence-electron chi connectivity index (χ2n) is 29.5. The van der Waals surface area contributed by atoms with Crippen LogP contribution in [0.4, 0.5) is 0 Å². The van der Waals surface area contributed by atoms with Gasteiger partial charge >= 0.3 is 5.97 Å². The van der Waals surface area contributed by atoms with E-state index in [9.17, 15) is 19.8 Å². The molecule has 0 aromatic rings. The van der Waals surface area contributed by atoms with Crippen molar-refractivity contribution in [2.45, 2.75) is 495 Å². The van der Waals surface area contributed by atoms with Crippen molar-refractivity contribution in [3.05, 3.63) is 36.5 Å². The van der Waals surface area contributed by atoms with E-state index in [0.29, 0.717) is 19.4 Å². The smallest absolute Gasteiger partial charge is 0.305 e. The van der Waals surface area contributed by atoms with Gasteiger partial charge in [0.15, 0.2) is 0 Å². The van der Waals surface area contributed by atoms with Gasteiger partial charge in [-0.1, -0.05) is 423 Å². The summed E-state index contributed by atoms with van der Waals surface area (Å²) in [6, 6.07) is -0.626. The van der Waals surface area contributed by atoms with Crippen molar-refractivity contribution in [1.29, 1.82) is 0 Å². The van der Waals surface area contributed by atoms with Gasteiger partial charge in [-0.05, 0) is 83.5 Å². The van der Waals surface area contributed by atoms with Crippen LogP contribution in [0.5, 0.6) is 0 Å². The maximum Gasteiger partial charge on any atom is 0.305 e. The fraction of sp³-hybridized carbons (Fsp3) is 0.908. The summed E-state index contributed by atoms with van der Waals surface area (Å²) in [4.78, 5) is 24.6. The Morgan fingerprint density at radius 3 is 0.785 bits per heavy atom. The highest BCUT2D eigenvalue weighted by molar-refractivity contribution is 5.76. The third-order valence-electron chi connectivity index (χ3n) is 20.1. The highest BCUT2D eigenvalue weighted by atomic mass is 16.5. The molecule has 93 heavy (non-hydrogen) atoms. The minimum absolute atomic E-state index is 0.0129. The molecule has 0 rings (SSSR count). The molecule has 0 heterocycles. The fourth-order valence-corrected chi connectivity index (χ4v) is 13.6. The van der Waals surface area contributed by atoms with E-state index in [2.05, 4.69) is 43.5 Å². The second kappa shape index (κ2) is 82.5. The van der Waals surface area contributed by atoms with Crippen LogP contribution in [0.3, 0.4) is 0 Å². The molecule has 0 saturated carbocycles. The molecule has 550 valence electrons. The average Bonchev–Trinajstić information content (AvgIpc) is 3.66. The zero-order valence-corrected chi connectivity index (χ0v) is 63.3. The minimum Gasteiger partial charge on any atom is -0.466 e. The molecule has 0 aromatic heterocycles. The van der Waals surface area contributed by atoms with Gasteiger partial charge in [-0.3, -0.25) is 9.59 Å². The van der Waals surface area contributed by atoms with Gasteiger partial charge in [0, 0.05) is 12.8 Å². The highest BCUT2D eigenvalue weighted by Gasteiger charge is 2.18. The van der Waals surface area contributed by atoms with Crippen LogP contribution in [0.1, 0.15) is 483 Å². The Hall–Kier alpha value is -1.92. The average molecular weight is 1310 g/mol. The maximum absolute atomic E-state index is 12.6. The number of hydrogen-bond donors (Lipinski definition) is 3. The number of carbonyl (C=O) groups excluding carboxylic acids is 2. The number of rotatable bonds is 81. The lowest BCUT2D eigenvalue weighted by atomic mass is 10.0. The van der Waals surface area contributed by atoms with E-state index in [1.807, 2.05) is 6.08 Å². The van der Waals surface area contributed by atoms with E-state index < -0.39 is 12.1 Å². The number of nitrogens with one attached hydrogen (secondary N) is 1. The van der Waals surface area contributed by atoms with E-state index >= 15 is 0 Å². The van der Waals surface area contributed by atoms with Gasteiger partial charge in [0.25, 0.3) is 0 Å². The van der Waals surface area contributed by atoms with E-state index in [1.54, 1.807) is 6.08 Å². The first-order valence-corrected chi connectivity index (χ1v) is 42.8. The van der Waals surface area contributed by atoms with Crippen LogP contribution in [0, 0.1) is 0 Å². The molecule has 0 aromatic carbocycles. The quantitative estimate of drug-likeness (QED) is 0.0320. The van der Waals surface area contributed by atoms with Crippen molar-refractivity contribution in [3.8, 4) is 0 Å². The van der Waals surface area contributed by atoms with Gasteiger partial charge in [-0.25, -0.2) is 0 Å². The molecule has 3 N–H and O–H groups in total. The van der Waals surface area contributed by atoms with Gasteiger partial charge in [-0.2, -0.15) is 0 Å². The topological polar surface area (TPSA) is 95.9 Å². The van der Waals surface area contributed by atoms with Crippen molar-refractivity contribution in [2.75, 3.05) is 13.2 Å². The molecular weight excluding hydrogens is 1140 g/mol. The summed E-state index contributed by atoms with van der Waals surface area (Å²) in [6.07, 6.45) is 109. The Bertz CT molecular complexity index is 1510. The molecule has 2 unspecified atom stereocenters. The van der Waals surface area contributed by atoms with Gasteiger partial charge in [0.1, 0.15) is 0 Å². The van der Waals surface area contributed by atoms with E-state index in [0.717, 1.165) is 44.9 Å². The van der Waals surface area contributed by atoms with Crippen molar-refractivity contribution < 1.29 is 24.5 Å². The molecule has 0 radical (unpaired) electrons. The lowest BCUT2D eigenvalue weighted by Crippen LogP contribution is -2.45. The van der Waals surface area contributed by atoms with Crippen LogP contribution in [0.25, 0.3) is 0 Å². The van der Waals surface area contributed by atoms with Crippen LogP contribution >= 0.6 is 0 Å². The summed E-state index contributed by atoms with van der Waals surface area (Å²) in [5.74, 6) is -0.0452. The van der Waals surface area contributed by atoms with Crippen LogP contribution in [-0.2, 0) is 14.3 Å². The molecule has 6 nitrogen and oxygen atoms in total. The van der Waals surface area contributed by atoms with Crippen LogP contribution in [0.2, 0.25) is 0 Å². The summed E-state index contributed by atoms with van der Waals surface area (Å²) < 4.78 is 5.48. The summed E-state index contributed by atoms with van der Waals surface area (Å²) in [7, 11) is 0. The zero-order valence-electron chi connectivity index (χ0n) is 63.3. The first-order chi connectivity index (χ1) is 46.0. The fourth-order valence-electron chi connectivity index (χ4n) is 13.6. The molecule has 0 fully saturated rings. The number of hydrogen-bond acceptors (Lipinski definition) is 5. The minimum atomic E-state index is -0.843. The monoisotopic (exact) mass is 1310 g/mol. The Kier molecular flexibility index (Phi) is 80.8. The molecule has 0 aliphatic heterocycles. The van der Waals surface area contributed by atoms with Crippen LogP contribution < -0.4 is 5.32 Å². The second-order valence-corrected chi connectivity index (χ2v) is 29.5. The van der Waals surface area contributed by atoms with Crippen LogP contribution in [-0.4, -0.2) is 47.4 Å². The number of carbonyl (C=O) groups is 2. The normalized spacial score (nSPS) is 12.6. The molecule has 2 atom stereocenters. The summed E-state index contributed by atoms with van der Waals surface area (Å²) in [6.45, 7) is 4.93. The number of esters is 1. The van der Waals surface area contributed by atoms with Gasteiger partial charge in [0.05, 0.1) is 25.4 Å². The SMILES string of the molecule is CCCCC/C=C\CCCCCCCC(=O)OCCCCCCCCCCCCCCCCCCCC/C=C\CCCCCCCCCCCCCCCCCCCC(=O)NC(CO)C(O)/C=C/CCCCCCCCCCCCCCCCCCCCCCCCC. The Labute approximate surface area is 583 Å². The third-order valence-corrected chi connectivity index (χ3v) is 20.1. The first kappa shape index (κ1) is 91.1. The van der Waals surface area contributed by atoms with Crippen molar-refractivity contribution in [2.24, 2.45) is 0 Å². The summed E-state index contributed by atoms with van der Waals surface area (Å²) in [5, 5.41) is 23.3. The van der Waals surface area contributed by atoms with E-state index in [1.165, 1.54) is 411 Å². The Morgan fingerprint density at radius 2 is 0.505 bits per heavy atom. The Balaban J connectivity index is 3.35. The number of aliphatic hydroxyl groups is 2. The zero-order chi connectivity index (χ0) is 67.0. The lowest BCUT2D eigenvalue weighted by Gasteiger charge is -2.20. The van der Waals surface area contributed by atoms with E-state index in [4.69, 9.17) is 4.74 Å². The molecule has 1 amide bonds.